The van der Waals surface area contributed by atoms with Gasteiger partial charge in [-0.2, -0.15) is 0 Å². The number of ether oxygens (including phenoxy) is 2. The van der Waals surface area contributed by atoms with Crippen LogP contribution in [-0.2, 0) is 14.3 Å². The maximum absolute atomic E-state index is 11.7. The lowest BCUT2D eigenvalue weighted by atomic mass is 9.82. The van der Waals surface area contributed by atoms with Gasteiger partial charge in [-0.15, -0.1) is 0 Å². The molecule has 1 aliphatic carbocycles. The van der Waals surface area contributed by atoms with Crippen molar-refractivity contribution in [1.82, 2.24) is 5.32 Å². The van der Waals surface area contributed by atoms with E-state index in [4.69, 9.17) is 9.47 Å². The first-order valence-corrected chi connectivity index (χ1v) is 6.64. The predicted octanol–water partition coefficient (Wildman–Crippen LogP) is 1.24. The summed E-state index contributed by atoms with van der Waals surface area (Å²) < 4.78 is 10.4. The van der Waals surface area contributed by atoms with E-state index in [0.29, 0.717) is 19.4 Å². The molecule has 6 heteroatoms. The topological polar surface area (TPSA) is 64.6 Å². The number of fused-ring (bicyclic) bond motifs is 2. The molecule has 2 bridgehead atoms. The van der Waals surface area contributed by atoms with Crippen LogP contribution in [0.15, 0.2) is 0 Å². The fourth-order valence-electron chi connectivity index (χ4n) is 2.23. The normalized spacial score (nSPS) is 37.2. The van der Waals surface area contributed by atoms with E-state index in [0.717, 1.165) is 0 Å². The van der Waals surface area contributed by atoms with Crippen molar-refractivity contribution in [3.8, 4) is 0 Å². The van der Waals surface area contributed by atoms with Gasteiger partial charge >= 0.3 is 12.1 Å². The van der Waals surface area contributed by atoms with Crippen LogP contribution in [-0.4, -0.2) is 34.7 Å². The van der Waals surface area contributed by atoms with E-state index in [-0.39, 0.29) is 28.0 Å². The SMILES string of the molecule is CCOC(=O)C1CC(I)[C@H]2C[C@H]1NC(=O)O2. The molecule has 1 amide bonds. The smallest absolute Gasteiger partial charge is 0.407 e. The van der Waals surface area contributed by atoms with Crippen LogP contribution in [0.3, 0.4) is 0 Å². The van der Waals surface area contributed by atoms with Gasteiger partial charge in [-0.3, -0.25) is 4.79 Å². The summed E-state index contributed by atoms with van der Waals surface area (Å²) in [6.45, 7) is 2.16. The van der Waals surface area contributed by atoms with E-state index in [2.05, 4.69) is 27.9 Å². The van der Waals surface area contributed by atoms with Crippen LogP contribution in [0.1, 0.15) is 19.8 Å². The van der Waals surface area contributed by atoms with Crippen LogP contribution in [0.4, 0.5) is 4.79 Å². The van der Waals surface area contributed by atoms with E-state index >= 15 is 0 Å². The van der Waals surface area contributed by atoms with Gasteiger partial charge in [0, 0.05) is 16.4 Å². The Kier molecular flexibility index (Phi) is 3.56. The number of carbonyl (C=O) groups is 2. The van der Waals surface area contributed by atoms with Crippen LogP contribution in [0, 0.1) is 5.92 Å². The van der Waals surface area contributed by atoms with Crippen molar-refractivity contribution < 1.29 is 19.1 Å². The van der Waals surface area contributed by atoms with Crippen molar-refractivity contribution in [3.63, 3.8) is 0 Å². The zero-order valence-electron chi connectivity index (χ0n) is 8.94. The van der Waals surface area contributed by atoms with Gasteiger partial charge in [0.15, 0.2) is 0 Å². The molecule has 2 fully saturated rings. The van der Waals surface area contributed by atoms with Crippen molar-refractivity contribution in [2.45, 2.75) is 35.8 Å². The Labute approximate surface area is 107 Å². The van der Waals surface area contributed by atoms with Gasteiger partial charge in [0.05, 0.1) is 12.5 Å². The molecule has 1 N–H and O–H groups in total. The summed E-state index contributed by atoms with van der Waals surface area (Å²) in [6.07, 6.45) is 0.916. The molecular formula is C10H14INO4. The molecule has 2 rings (SSSR count). The van der Waals surface area contributed by atoms with Crippen LogP contribution >= 0.6 is 22.6 Å². The van der Waals surface area contributed by atoms with Gasteiger partial charge in [0.2, 0.25) is 0 Å². The molecule has 1 saturated carbocycles. The lowest BCUT2D eigenvalue weighted by Gasteiger charge is -2.41. The zero-order chi connectivity index (χ0) is 11.7. The first-order valence-electron chi connectivity index (χ1n) is 5.39. The van der Waals surface area contributed by atoms with Crippen molar-refractivity contribution in [3.05, 3.63) is 0 Å². The van der Waals surface area contributed by atoms with E-state index in [9.17, 15) is 9.59 Å². The Balaban J connectivity index is 2.09. The van der Waals surface area contributed by atoms with Gasteiger partial charge in [-0.25, -0.2) is 4.79 Å². The molecule has 1 heterocycles. The number of hydrogen-bond acceptors (Lipinski definition) is 4. The number of esters is 1. The van der Waals surface area contributed by atoms with E-state index in [1.165, 1.54) is 0 Å². The third-order valence-corrected chi connectivity index (χ3v) is 4.32. The second kappa shape index (κ2) is 4.77. The average molecular weight is 339 g/mol. The monoisotopic (exact) mass is 339 g/mol. The number of hydrogen-bond donors (Lipinski definition) is 1. The summed E-state index contributed by atoms with van der Waals surface area (Å²) in [5.74, 6) is -0.444. The van der Waals surface area contributed by atoms with Crippen molar-refractivity contribution >= 4 is 34.7 Å². The highest BCUT2D eigenvalue weighted by molar-refractivity contribution is 14.1. The van der Waals surface area contributed by atoms with Gasteiger partial charge < -0.3 is 14.8 Å². The van der Waals surface area contributed by atoms with E-state index in [1.54, 1.807) is 6.92 Å². The Morgan fingerprint density at radius 1 is 1.62 bits per heavy atom. The molecule has 0 aromatic rings. The van der Waals surface area contributed by atoms with E-state index in [1.807, 2.05) is 0 Å². The third-order valence-electron chi connectivity index (χ3n) is 3.01. The lowest BCUT2D eigenvalue weighted by Crippen LogP contribution is -2.57. The standard InChI is InChI=1S/C10H14INO4/c1-2-15-9(13)5-3-6(11)8-4-7(5)12-10(14)16-8/h5-8H,2-4H2,1H3,(H,12,14)/t5?,6?,7-,8-/m1/s1. The summed E-state index contributed by atoms with van der Waals surface area (Å²) in [6, 6.07) is -0.128. The maximum Gasteiger partial charge on any atom is 0.407 e. The van der Waals surface area contributed by atoms with E-state index < -0.39 is 6.09 Å². The molecule has 1 aliphatic heterocycles. The number of amides is 1. The van der Waals surface area contributed by atoms with Gasteiger partial charge in [-0.05, 0) is 13.3 Å². The third kappa shape index (κ3) is 2.26. The Morgan fingerprint density at radius 2 is 2.38 bits per heavy atom. The van der Waals surface area contributed by atoms with Crippen molar-refractivity contribution in [1.29, 1.82) is 0 Å². The largest absolute Gasteiger partial charge is 0.466 e. The van der Waals surface area contributed by atoms with Crippen LogP contribution in [0.25, 0.3) is 0 Å². The Morgan fingerprint density at radius 3 is 3.06 bits per heavy atom. The maximum atomic E-state index is 11.7. The number of alkyl halides is 1. The predicted molar refractivity (Wildman–Crippen MR) is 64.4 cm³/mol. The van der Waals surface area contributed by atoms with Crippen molar-refractivity contribution in [2.24, 2.45) is 5.92 Å². The van der Waals surface area contributed by atoms with Gasteiger partial charge in [0.1, 0.15) is 6.10 Å². The fraction of sp³-hybridized carbons (Fsp3) is 0.800. The minimum Gasteiger partial charge on any atom is -0.466 e. The fourth-order valence-corrected chi connectivity index (χ4v) is 3.22. The molecule has 5 nitrogen and oxygen atoms in total. The molecule has 0 radical (unpaired) electrons. The minimum atomic E-state index is -0.420. The molecule has 0 aromatic carbocycles. The lowest BCUT2D eigenvalue weighted by molar-refractivity contribution is -0.151. The highest BCUT2D eigenvalue weighted by Gasteiger charge is 2.45. The molecular weight excluding hydrogens is 325 g/mol. The molecule has 16 heavy (non-hydrogen) atoms. The number of alkyl carbamates (subject to hydrolysis) is 1. The molecule has 90 valence electrons. The van der Waals surface area contributed by atoms with Crippen LogP contribution < -0.4 is 5.32 Å². The van der Waals surface area contributed by atoms with Gasteiger partial charge in [0.25, 0.3) is 0 Å². The molecule has 0 aromatic heterocycles. The van der Waals surface area contributed by atoms with Crippen molar-refractivity contribution in [2.75, 3.05) is 6.61 Å². The Bertz CT molecular complexity index is 309. The molecule has 1 saturated heterocycles. The molecule has 4 atom stereocenters. The number of halogens is 1. The number of nitrogens with one attached hydrogen (secondary N) is 1. The molecule has 0 spiro atoms. The minimum absolute atomic E-state index is 0.0648. The van der Waals surface area contributed by atoms with Crippen LogP contribution in [0.2, 0.25) is 0 Å². The number of carbonyl (C=O) groups excluding carboxylic acids is 2. The summed E-state index contributed by atoms with van der Waals surface area (Å²) >= 11 is 2.24. The highest BCUT2D eigenvalue weighted by atomic mass is 127. The number of rotatable bonds is 2. The summed E-state index contributed by atoms with van der Waals surface area (Å²) in [5.41, 5.74) is 0. The Hall–Kier alpha value is -0.530. The van der Waals surface area contributed by atoms with Crippen LogP contribution in [0.5, 0.6) is 0 Å². The first-order chi connectivity index (χ1) is 7.61. The molecule has 2 aliphatic rings. The second-order valence-corrected chi connectivity index (χ2v) is 5.64. The average Bonchev–Trinajstić information content (AvgIpc) is 2.23. The highest BCUT2D eigenvalue weighted by Crippen LogP contribution is 2.35. The quantitative estimate of drug-likeness (QED) is 0.467. The first kappa shape index (κ1) is 11.9. The zero-order valence-corrected chi connectivity index (χ0v) is 11.1. The summed E-state index contributed by atoms with van der Waals surface area (Å²) in [7, 11) is 0. The second-order valence-electron chi connectivity index (χ2n) is 4.04. The summed E-state index contributed by atoms with van der Waals surface area (Å²) in [5, 5.41) is 2.69. The molecule has 2 unspecified atom stereocenters. The summed E-state index contributed by atoms with van der Waals surface area (Å²) in [4.78, 5) is 23.0. The van der Waals surface area contributed by atoms with Gasteiger partial charge in [-0.1, -0.05) is 22.6 Å².